The van der Waals surface area contributed by atoms with Gasteiger partial charge >= 0.3 is 6.18 Å². The summed E-state index contributed by atoms with van der Waals surface area (Å²) in [5.74, 6) is -1.43. The molecule has 0 aromatic heterocycles. The molecule has 21 heavy (non-hydrogen) atoms. The second kappa shape index (κ2) is 5.62. The molecule has 0 atom stereocenters. The van der Waals surface area contributed by atoms with Crippen LogP contribution in [0.4, 0.5) is 17.6 Å². The van der Waals surface area contributed by atoms with Crippen molar-refractivity contribution in [2.45, 2.75) is 6.18 Å². The fourth-order valence-electron chi connectivity index (χ4n) is 1.57. The van der Waals surface area contributed by atoms with Gasteiger partial charge in [0.15, 0.2) is 0 Å². The van der Waals surface area contributed by atoms with E-state index in [4.69, 9.17) is 21.6 Å². The van der Waals surface area contributed by atoms with Crippen molar-refractivity contribution < 1.29 is 22.3 Å². The van der Waals surface area contributed by atoms with Crippen LogP contribution in [0, 0.1) is 17.1 Å². The summed E-state index contributed by atoms with van der Waals surface area (Å²) >= 11 is 5.78. The van der Waals surface area contributed by atoms with Gasteiger partial charge in [-0.2, -0.15) is 18.4 Å². The summed E-state index contributed by atoms with van der Waals surface area (Å²) in [4.78, 5) is 0. The topological polar surface area (TPSA) is 33.0 Å². The number of nitrogens with zero attached hydrogens (tertiary/aromatic N) is 1. The SMILES string of the molecule is N#Cc1ccc(Oc2ccc(F)c(C(F)(F)F)c2)cc1Cl. The highest BCUT2D eigenvalue weighted by Crippen LogP contribution is 2.35. The molecule has 0 spiro atoms. The lowest BCUT2D eigenvalue weighted by atomic mass is 10.2. The van der Waals surface area contributed by atoms with Crippen LogP contribution in [0.1, 0.15) is 11.1 Å². The molecule has 7 heteroatoms. The molecule has 2 aromatic carbocycles. The molecule has 0 aliphatic rings. The molecule has 2 aromatic rings. The van der Waals surface area contributed by atoms with Gasteiger partial charge in [0.25, 0.3) is 0 Å². The van der Waals surface area contributed by atoms with Crippen molar-refractivity contribution in [1.82, 2.24) is 0 Å². The zero-order valence-corrected chi connectivity index (χ0v) is 11.0. The summed E-state index contributed by atoms with van der Waals surface area (Å²) in [6.45, 7) is 0. The van der Waals surface area contributed by atoms with Crippen LogP contribution in [0.3, 0.4) is 0 Å². The third-order valence-electron chi connectivity index (χ3n) is 2.54. The molecule has 0 fully saturated rings. The highest BCUT2D eigenvalue weighted by Gasteiger charge is 2.34. The van der Waals surface area contributed by atoms with Crippen molar-refractivity contribution in [3.05, 3.63) is 58.4 Å². The molecule has 0 aliphatic heterocycles. The summed E-state index contributed by atoms with van der Waals surface area (Å²) in [5.41, 5.74) is -1.21. The van der Waals surface area contributed by atoms with Gasteiger partial charge in [0.2, 0.25) is 0 Å². The number of benzene rings is 2. The van der Waals surface area contributed by atoms with Gasteiger partial charge in [-0.25, -0.2) is 4.39 Å². The maximum atomic E-state index is 13.1. The Labute approximate surface area is 122 Å². The highest BCUT2D eigenvalue weighted by atomic mass is 35.5. The highest BCUT2D eigenvalue weighted by molar-refractivity contribution is 6.31. The molecule has 2 rings (SSSR count). The van der Waals surface area contributed by atoms with E-state index in [2.05, 4.69) is 0 Å². The Morgan fingerprint density at radius 2 is 1.67 bits per heavy atom. The quantitative estimate of drug-likeness (QED) is 0.717. The summed E-state index contributed by atoms with van der Waals surface area (Å²) in [6, 6.07) is 8.16. The summed E-state index contributed by atoms with van der Waals surface area (Å²) in [5, 5.41) is 8.82. The van der Waals surface area contributed by atoms with E-state index >= 15 is 0 Å². The van der Waals surface area contributed by atoms with Crippen molar-refractivity contribution in [2.24, 2.45) is 0 Å². The van der Waals surface area contributed by atoms with Crippen molar-refractivity contribution in [3.8, 4) is 17.6 Å². The van der Waals surface area contributed by atoms with E-state index in [0.717, 1.165) is 6.07 Å². The van der Waals surface area contributed by atoms with Gasteiger partial charge < -0.3 is 4.74 Å². The van der Waals surface area contributed by atoms with E-state index in [1.807, 2.05) is 6.07 Å². The predicted molar refractivity (Wildman–Crippen MR) is 67.6 cm³/mol. The number of nitriles is 1. The van der Waals surface area contributed by atoms with Gasteiger partial charge in [-0.3, -0.25) is 0 Å². The van der Waals surface area contributed by atoms with Crippen molar-refractivity contribution in [1.29, 1.82) is 5.26 Å². The number of hydrogen-bond donors (Lipinski definition) is 0. The molecule has 0 saturated heterocycles. The first-order valence-electron chi connectivity index (χ1n) is 5.55. The summed E-state index contributed by atoms with van der Waals surface area (Å²) in [7, 11) is 0. The molecule has 0 aliphatic carbocycles. The number of alkyl halides is 3. The molecule has 2 nitrogen and oxygen atoms in total. The zero-order chi connectivity index (χ0) is 15.6. The third-order valence-corrected chi connectivity index (χ3v) is 2.85. The monoisotopic (exact) mass is 315 g/mol. The molecule has 0 heterocycles. The van der Waals surface area contributed by atoms with Crippen molar-refractivity contribution in [2.75, 3.05) is 0 Å². The van der Waals surface area contributed by atoms with Crippen molar-refractivity contribution >= 4 is 11.6 Å². The minimum Gasteiger partial charge on any atom is -0.457 e. The number of ether oxygens (including phenoxy) is 1. The third kappa shape index (κ3) is 3.44. The molecular weight excluding hydrogens is 310 g/mol. The Kier molecular flexibility index (Phi) is 4.05. The van der Waals surface area contributed by atoms with E-state index in [1.165, 1.54) is 18.2 Å². The number of halogens is 5. The van der Waals surface area contributed by atoms with Gasteiger partial charge in [0.1, 0.15) is 23.4 Å². The maximum Gasteiger partial charge on any atom is 0.419 e. The average molecular weight is 316 g/mol. The molecule has 0 bridgehead atoms. The van der Waals surface area contributed by atoms with E-state index in [0.29, 0.717) is 12.1 Å². The van der Waals surface area contributed by atoms with Crippen LogP contribution < -0.4 is 4.74 Å². The Morgan fingerprint density at radius 1 is 1.05 bits per heavy atom. The Morgan fingerprint density at radius 3 is 2.24 bits per heavy atom. The molecule has 108 valence electrons. The zero-order valence-electron chi connectivity index (χ0n) is 10.2. The Hall–Kier alpha value is -2.26. The van der Waals surface area contributed by atoms with Crippen LogP contribution in [-0.2, 0) is 6.18 Å². The average Bonchev–Trinajstić information content (AvgIpc) is 2.40. The number of rotatable bonds is 2. The molecule has 0 saturated carbocycles. The number of hydrogen-bond acceptors (Lipinski definition) is 2. The van der Waals surface area contributed by atoms with E-state index in [9.17, 15) is 17.6 Å². The van der Waals surface area contributed by atoms with Gasteiger partial charge in [0, 0.05) is 6.07 Å². The van der Waals surface area contributed by atoms with Gasteiger partial charge in [-0.05, 0) is 30.3 Å². The second-order valence-electron chi connectivity index (χ2n) is 3.99. The van der Waals surface area contributed by atoms with Gasteiger partial charge in [0.05, 0.1) is 16.1 Å². The molecule has 0 amide bonds. The van der Waals surface area contributed by atoms with E-state index in [-0.39, 0.29) is 22.1 Å². The van der Waals surface area contributed by atoms with Crippen LogP contribution in [0.2, 0.25) is 5.02 Å². The molecule has 0 N–H and O–H groups in total. The first kappa shape index (κ1) is 15.1. The largest absolute Gasteiger partial charge is 0.457 e. The van der Waals surface area contributed by atoms with Crippen LogP contribution in [-0.4, -0.2) is 0 Å². The summed E-state index contributed by atoms with van der Waals surface area (Å²) < 4.78 is 56.1. The Balaban J connectivity index is 2.33. The maximum absolute atomic E-state index is 13.1. The first-order chi connectivity index (χ1) is 9.81. The van der Waals surface area contributed by atoms with E-state index < -0.39 is 17.6 Å². The second-order valence-corrected chi connectivity index (χ2v) is 4.40. The summed E-state index contributed by atoms with van der Waals surface area (Å²) in [6.07, 6.45) is -4.81. The molecule has 0 radical (unpaired) electrons. The minimum absolute atomic E-state index is 0.105. The lowest BCUT2D eigenvalue weighted by Crippen LogP contribution is -2.08. The molecule has 0 unspecified atom stereocenters. The van der Waals surface area contributed by atoms with E-state index in [1.54, 1.807) is 0 Å². The van der Waals surface area contributed by atoms with Crippen LogP contribution in [0.15, 0.2) is 36.4 Å². The first-order valence-corrected chi connectivity index (χ1v) is 5.93. The fraction of sp³-hybridized carbons (Fsp3) is 0.0714. The van der Waals surface area contributed by atoms with Crippen molar-refractivity contribution in [3.63, 3.8) is 0 Å². The van der Waals surface area contributed by atoms with Gasteiger partial charge in [-0.15, -0.1) is 0 Å². The van der Waals surface area contributed by atoms with Crippen LogP contribution in [0.5, 0.6) is 11.5 Å². The van der Waals surface area contributed by atoms with Crippen LogP contribution >= 0.6 is 11.6 Å². The fourth-order valence-corrected chi connectivity index (χ4v) is 1.78. The van der Waals surface area contributed by atoms with Crippen LogP contribution in [0.25, 0.3) is 0 Å². The minimum atomic E-state index is -4.81. The molecular formula is C14H6ClF4NO. The standard InChI is InChI=1S/C14H6ClF4NO/c15-12-6-10(2-1-8(12)7-20)21-9-3-4-13(16)11(5-9)14(17,18)19/h1-6H. The predicted octanol–water partition coefficient (Wildman–Crippen LogP) is 5.16. The smallest absolute Gasteiger partial charge is 0.419 e. The van der Waals surface area contributed by atoms with Gasteiger partial charge in [-0.1, -0.05) is 11.6 Å². The lowest BCUT2D eigenvalue weighted by molar-refractivity contribution is -0.140. The Bertz CT molecular complexity index is 722. The normalized spacial score (nSPS) is 11.0. The lowest BCUT2D eigenvalue weighted by Gasteiger charge is -2.11.